The lowest BCUT2D eigenvalue weighted by molar-refractivity contribution is -0.306. The van der Waals surface area contributed by atoms with Gasteiger partial charge >= 0.3 is 0 Å². The van der Waals surface area contributed by atoms with E-state index in [1.807, 2.05) is 0 Å². The highest BCUT2D eigenvalue weighted by atomic mass is 32.1. The van der Waals surface area contributed by atoms with Crippen LogP contribution in [0.1, 0.15) is 23.8 Å². The van der Waals surface area contributed by atoms with Crippen LogP contribution in [0.4, 0.5) is 5.82 Å². The second-order valence-electron chi connectivity index (χ2n) is 4.44. The Kier molecular flexibility index (Phi) is 2.66. The maximum absolute atomic E-state index is 10.8. The first-order valence-electron chi connectivity index (χ1n) is 5.89. The Hall–Kier alpha value is -1.69. The van der Waals surface area contributed by atoms with Crippen molar-refractivity contribution in [3.8, 4) is 0 Å². The van der Waals surface area contributed by atoms with E-state index in [0.717, 1.165) is 29.5 Å². The van der Waals surface area contributed by atoms with Crippen LogP contribution in [0, 0.1) is 0 Å². The molecule has 0 fully saturated rings. The maximum atomic E-state index is 10.8. The first kappa shape index (κ1) is 11.4. The SMILES string of the molecule is C[C@@H](Nc1ncnc2sc3c(c12)CCC3)C(=O)[O-]. The fourth-order valence-corrected chi connectivity index (χ4v) is 3.53. The van der Waals surface area contributed by atoms with Crippen LogP contribution >= 0.6 is 11.3 Å². The van der Waals surface area contributed by atoms with Crippen molar-refractivity contribution in [2.75, 3.05) is 5.32 Å². The van der Waals surface area contributed by atoms with Gasteiger partial charge in [-0.25, -0.2) is 9.97 Å². The summed E-state index contributed by atoms with van der Waals surface area (Å²) in [7, 11) is 0. The van der Waals surface area contributed by atoms with E-state index in [0.29, 0.717) is 5.82 Å². The summed E-state index contributed by atoms with van der Waals surface area (Å²) in [4.78, 5) is 21.5. The second-order valence-corrected chi connectivity index (χ2v) is 5.53. The van der Waals surface area contributed by atoms with E-state index in [2.05, 4.69) is 15.3 Å². The molecule has 0 amide bonds. The molecule has 6 heteroatoms. The van der Waals surface area contributed by atoms with E-state index in [-0.39, 0.29) is 0 Å². The van der Waals surface area contributed by atoms with Gasteiger partial charge in [-0.2, -0.15) is 0 Å². The second kappa shape index (κ2) is 4.20. The van der Waals surface area contributed by atoms with Crippen molar-refractivity contribution in [3.05, 3.63) is 16.8 Å². The van der Waals surface area contributed by atoms with Gasteiger partial charge in [-0.1, -0.05) is 0 Å². The number of carboxylic acid groups (broad SMARTS) is 1. The number of rotatable bonds is 3. The first-order valence-corrected chi connectivity index (χ1v) is 6.71. The van der Waals surface area contributed by atoms with Gasteiger partial charge in [0.1, 0.15) is 17.0 Å². The Balaban J connectivity index is 2.09. The predicted octanol–water partition coefficient (Wildman–Crippen LogP) is 0.730. The highest BCUT2D eigenvalue weighted by molar-refractivity contribution is 7.19. The van der Waals surface area contributed by atoms with E-state index < -0.39 is 12.0 Å². The van der Waals surface area contributed by atoms with Crippen molar-refractivity contribution in [1.82, 2.24) is 9.97 Å². The number of nitrogens with one attached hydrogen (secondary N) is 1. The van der Waals surface area contributed by atoms with Gasteiger partial charge in [0.15, 0.2) is 0 Å². The molecule has 2 aromatic heterocycles. The highest BCUT2D eigenvalue weighted by Gasteiger charge is 2.21. The highest BCUT2D eigenvalue weighted by Crippen LogP contribution is 2.39. The van der Waals surface area contributed by atoms with Gasteiger partial charge in [0, 0.05) is 4.88 Å². The zero-order valence-corrected chi connectivity index (χ0v) is 10.7. The Bertz CT molecular complexity index is 623. The normalized spacial score (nSPS) is 15.6. The van der Waals surface area contributed by atoms with Gasteiger partial charge < -0.3 is 15.2 Å². The maximum Gasteiger partial charge on any atom is 0.138 e. The van der Waals surface area contributed by atoms with Crippen LogP contribution in [-0.4, -0.2) is 22.0 Å². The number of carbonyl (C=O) groups excluding carboxylic acids is 1. The summed E-state index contributed by atoms with van der Waals surface area (Å²) in [5, 5.41) is 14.7. The van der Waals surface area contributed by atoms with Gasteiger partial charge in [0.05, 0.1) is 17.4 Å². The minimum Gasteiger partial charge on any atom is -0.548 e. The summed E-state index contributed by atoms with van der Waals surface area (Å²) < 4.78 is 0. The number of hydrogen-bond donors (Lipinski definition) is 1. The number of aromatic nitrogens is 2. The molecule has 1 aliphatic carbocycles. The predicted molar refractivity (Wildman–Crippen MR) is 67.5 cm³/mol. The number of hydrogen-bond acceptors (Lipinski definition) is 6. The molecule has 0 aliphatic heterocycles. The molecule has 5 nitrogen and oxygen atoms in total. The number of fused-ring (bicyclic) bond motifs is 3. The van der Waals surface area contributed by atoms with Crippen molar-refractivity contribution in [2.24, 2.45) is 0 Å². The molecule has 1 N–H and O–H groups in total. The van der Waals surface area contributed by atoms with Crippen molar-refractivity contribution in [3.63, 3.8) is 0 Å². The van der Waals surface area contributed by atoms with E-state index >= 15 is 0 Å². The Morgan fingerprint density at radius 2 is 2.33 bits per heavy atom. The number of aliphatic carboxylic acids is 1. The van der Waals surface area contributed by atoms with Gasteiger partial charge in [-0.05, 0) is 31.7 Å². The number of anilines is 1. The molecule has 0 unspecified atom stereocenters. The third kappa shape index (κ3) is 1.73. The van der Waals surface area contributed by atoms with Gasteiger partial charge in [-0.3, -0.25) is 0 Å². The fourth-order valence-electron chi connectivity index (χ4n) is 2.30. The third-order valence-corrected chi connectivity index (χ3v) is 4.41. The zero-order chi connectivity index (χ0) is 12.7. The van der Waals surface area contributed by atoms with Crippen LogP contribution in [0.5, 0.6) is 0 Å². The van der Waals surface area contributed by atoms with Crippen molar-refractivity contribution in [1.29, 1.82) is 0 Å². The number of thiophene rings is 1. The van der Waals surface area contributed by atoms with Crippen LogP contribution in [0.3, 0.4) is 0 Å². The molecule has 0 saturated heterocycles. The van der Waals surface area contributed by atoms with Gasteiger partial charge in [0.25, 0.3) is 0 Å². The number of nitrogens with zero attached hydrogens (tertiary/aromatic N) is 2. The Morgan fingerprint density at radius 3 is 3.11 bits per heavy atom. The lowest BCUT2D eigenvalue weighted by atomic mass is 10.2. The van der Waals surface area contributed by atoms with Crippen LogP contribution in [0.2, 0.25) is 0 Å². The molecule has 0 radical (unpaired) electrons. The van der Waals surface area contributed by atoms with E-state index in [1.54, 1.807) is 18.3 Å². The molecule has 3 rings (SSSR count). The largest absolute Gasteiger partial charge is 0.548 e. The Morgan fingerprint density at radius 1 is 1.50 bits per heavy atom. The monoisotopic (exact) mass is 262 g/mol. The molecule has 0 aromatic carbocycles. The first-order chi connectivity index (χ1) is 8.66. The molecular formula is C12H12N3O2S-. The fraction of sp³-hybridized carbons (Fsp3) is 0.417. The summed E-state index contributed by atoms with van der Waals surface area (Å²) in [6.07, 6.45) is 4.74. The summed E-state index contributed by atoms with van der Waals surface area (Å²) in [5.74, 6) is -0.523. The van der Waals surface area contributed by atoms with Crippen molar-refractivity contribution < 1.29 is 9.90 Å². The molecule has 2 heterocycles. The van der Waals surface area contributed by atoms with E-state index in [4.69, 9.17) is 0 Å². The van der Waals surface area contributed by atoms with Crippen LogP contribution in [0.15, 0.2) is 6.33 Å². The van der Waals surface area contributed by atoms with E-state index in [1.165, 1.54) is 16.8 Å². The quantitative estimate of drug-likeness (QED) is 0.882. The number of carbonyl (C=O) groups is 1. The van der Waals surface area contributed by atoms with Crippen molar-refractivity contribution >= 4 is 33.3 Å². The average Bonchev–Trinajstić information content (AvgIpc) is 2.88. The molecule has 1 atom stereocenters. The third-order valence-electron chi connectivity index (χ3n) is 3.21. The number of aryl methyl sites for hydroxylation is 2. The van der Waals surface area contributed by atoms with Crippen molar-refractivity contribution in [2.45, 2.75) is 32.2 Å². The van der Waals surface area contributed by atoms with E-state index in [9.17, 15) is 9.90 Å². The molecule has 2 aromatic rings. The Labute approximate surface area is 108 Å². The standard InChI is InChI=1S/C12H13N3O2S/c1-6(12(16)17)15-10-9-7-3-2-4-8(7)18-11(9)14-5-13-10/h5-6H,2-4H2,1H3,(H,16,17)(H,13,14,15)/p-1/t6-/m1/s1. The lowest BCUT2D eigenvalue weighted by Gasteiger charge is -2.15. The molecule has 94 valence electrons. The molecule has 18 heavy (non-hydrogen) atoms. The summed E-state index contributed by atoms with van der Waals surface area (Å²) >= 11 is 1.68. The summed E-state index contributed by atoms with van der Waals surface area (Å²) in [6, 6.07) is -0.764. The molecule has 1 aliphatic rings. The number of carboxylic acids is 1. The topological polar surface area (TPSA) is 77.9 Å². The van der Waals surface area contributed by atoms with Gasteiger partial charge in [-0.15, -0.1) is 11.3 Å². The summed E-state index contributed by atoms with van der Waals surface area (Å²) in [6.45, 7) is 1.55. The minimum atomic E-state index is -1.13. The minimum absolute atomic E-state index is 0.608. The van der Waals surface area contributed by atoms with Crippen LogP contribution in [0.25, 0.3) is 10.2 Å². The van der Waals surface area contributed by atoms with Crippen LogP contribution < -0.4 is 10.4 Å². The smallest absolute Gasteiger partial charge is 0.138 e. The molecular weight excluding hydrogens is 250 g/mol. The molecule has 0 bridgehead atoms. The molecule has 0 spiro atoms. The summed E-state index contributed by atoms with van der Waals surface area (Å²) in [5.41, 5.74) is 1.28. The molecule has 0 saturated carbocycles. The van der Waals surface area contributed by atoms with Gasteiger partial charge in [0.2, 0.25) is 0 Å². The lowest BCUT2D eigenvalue weighted by Crippen LogP contribution is -2.38. The average molecular weight is 262 g/mol. The van der Waals surface area contributed by atoms with Crippen LogP contribution in [-0.2, 0) is 17.6 Å². The zero-order valence-electron chi connectivity index (χ0n) is 9.90.